The largest absolute Gasteiger partial charge is 0.133 e. The highest BCUT2D eigenvalue weighted by molar-refractivity contribution is 7.83. The van der Waals surface area contributed by atoms with Gasteiger partial charge in [0.15, 0.2) is 0 Å². The first-order valence-electron chi connectivity index (χ1n) is 4.99. The molecule has 0 amide bonds. The maximum absolute atomic E-state index is 4.41. The van der Waals surface area contributed by atoms with Gasteiger partial charge in [-0.05, 0) is 35.4 Å². The van der Waals surface area contributed by atoms with Gasteiger partial charge < -0.3 is 0 Å². The lowest BCUT2D eigenvalue weighted by atomic mass is 10.0. The predicted molar refractivity (Wildman–Crippen MR) is 67.8 cm³/mol. The summed E-state index contributed by atoms with van der Waals surface area (Å²) in [7, 11) is 0. The van der Waals surface area contributed by atoms with E-state index in [2.05, 4.69) is 44.7 Å². The third kappa shape index (κ3) is 1.57. The van der Waals surface area contributed by atoms with Crippen LogP contribution in [0.2, 0.25) is 0 Å². The molecule has 14 heavy (non-hydrogen) atoms. The Morgan fingerprint density at radius 1 is 1.21 bits per heavy atom. The maximum Gasteiger partial charge on any atom is 0.0580 e. The Kier molecular flexibility index (Phi) is 2.84. The highest BCUT2D eigenvalue weighted by Crippen LogP contribution is 2.33. The van der Waals surface area contributed by atoms with Crippen molar-refractivity contribution in [3.05, 3.63) is 29.3 Å². The van der Waals surface area contributed by atoms with Crippen LogP contribution >= 0.6 is 24.0 Å². The summed E-state index contributed by atoms with van der Waals surface area (Å²) in [6.45, 7) is 4.45. The van der Waals surface area contributed by atoms with Gasteiger partial charge in [0.2, 0.25) is 0 Å². The number of aryl methyl sites for hydroxylation is 2. The molecule has 0 atom stereocenters. The highest BCUT2D eigenvalue weighted by atomic mass is 32.2. The number of benzene rings is 1. The predicted octanol–water partition coefficient (Wildman–Crippen LogP) is 4.31. The third-order valence-corrected chi connectivity index (χ3v) is 4.02. The molecule has 0 saturated carbocycles. The standard InChI is InChI=1S/C12H14S2/c1-3-8-5-6-9-7-11(13)14-12(9)10(8)4-2/h5-7,13H,3-4H2,1-2H3. The Morgan fingerprint density at radius 3 is 2.64 bits per heavy atom. The van der Waals surface area contributed by atoms with Gasteiger partial charge in [-0.25, -0.2) is 0 Å². The van der Waals surface area contributed by atoms with E-state index in [-0.39, 0.29) is 0 Å². The Morgan fingerprint density at radius 2 is 2.00 bits per heavy atom. The first kappa shape index (κ1) is 10.1. The fraction of sp³-hybridized carbons (Fsp3) is 0.333. The van der Waals surface area contributed by atoms with Crippen molar-refractivity contribution in [2.45, 2.75) is 30.9 Å². The lowest BCUT2D eigenvalue weighted by molar-refractivity contribution is 1.05. The van der Waals surface area contributed by atoms with Crippen molar-refractivity contribution in [2.75, 3.05) is 0 Å². The van der Waals surface area contributed by atoms with Crippen LogP contribution in [0.5, 0.6) is 0 Å². The number of hydrogen-bond acceptors (Lipinski definition) is 2. The van der Waals surface area contributed by atoms with Crippen molar-refractivity contribution < 1.29 is 0 Å². The molecule has 0 N–H and O–H groups in total. The van der Waals surface area contributed by atoms with E-state index in [1.807, 2.05) is 0 Å². The first-order chi connectivity index (χ1) is 6.76. The molecule has 0 bridgehead atoms. The van der Waals surface area contributed by atoms with E-state index in [1.165, 1.54) is 21.2 Å². The summed E-state index contributed by atoms with van der Waals surface area (Å²) in [4.78, 5) is 0. The fourth-order valence-corrected chi connectivity index (χ4v) is 3.36. The van der Waals surface area contributed by atoms with E-state index in [9.17, 15) is 0 Å². The van der Waals surface area contributed by atoms with Crippen LogP contribution in [0.4, 0.5) is 0 Å². The molecule has 0 nitrogen and oxygen atoms in total. The van der Waals surface area contributed by atoms with Gasteiger partial charge in [-0.2, -0.15) is 0 Å². The minimum Gasteiger partial charge on any atom is -0.133 e. The minimum absolute atomic E-state index is 1.11. The highest BCUT2D eigenvalue weighted by Gasteiger charge is 2.07. The molecule has 0 spiro atoms. The van der Waals surface area contributed by atoms with Crippen LogP contribution in [0.3, 0.4) is 0 Å². The molecule has 2 heteroatoms. The van der Waals surface area contributed by atoms with Crippen LogP contribution in [-0.2, 0) is 12.8 Å². The van der Waals surface area contributed by atoms with Crippen molar-refractivity contribution in [3.8, 4) is 0 Å². The van der Waals surface area contributed by atoms with Crippen LogP contribution < -0.4 is 0 Å². The summed E-state index contributed by atoms with van der Waals surface area (Å²) >= 11 is 6.21. The molecule has 0 aliphatic heterocycles. The average molecular weight is 222 g/mol. The Labute approximate surface area is 94.4 Å². The number of hydrogen-bond donors (Lipinski definition) is 1. The van der Waals surface area contributed by atoms with E-state index in [4.69, 9.17) is 0 Å². The molecule has 0 unspecified atom stereocenters. The molecule has 1 aromatic heterocycles. The number of fused-ring (bicyclic) bond motifs is 1. The SMILES string of the molecule is CCc1ccc2cc(S)sc2c1CC. The van der Waals surface area contributed by atoms with Crippen LogP contribution in [0.1, 0.15) is 25.0 Å². The van der Waals surface area contributed by atoms with E-state index >= 15 is 0 Å². The van der Waals surface area contributed by atoms with Gasteiger partial charge in [0.05, 0.1) is 4.21 Å². The monoisotopic (exact) mass is 222 g/mol. The molecule has 2 aromatic rings. The smallest absolute Gasteiger partial charge is 0.0580 e. The van der Waals surface area contributed by atoms with Crippen LogP contribution in [0.25, 0.3) is 10.1 Å². The zero-order valence-electron chi connectivity index (χ0n) is 8.50. The summed E-state index contributed by atoms with van der Waals surface area (Å²) in [6, 6.07) is 6.62. The second-order valence-corrected chi connectivity index (χ2v) is 5.25. The molecule has 0 fully saturated rings. The Balaban J connectivity index is 2.75. The molecule has 2 rings (SSSR count). The Hall–Kier alpha value is -0.470. The summed E-state index contributed by atoms with van der Waals surface area (Å²) in [5.41, 5.74) is 2.99. The summed E-state index contributed by atoms with van der Waals surface area (Å²) in [6.07, 6.45) is 2.24. The van der Waals surface area contributed by atoms with Crippen molar-refractivity contribution in [2.24, 2.45) is 0 Å². The lowest BCUT2D eigenvalue weighted by Gasteiger charge is -2.06. The molecular weight excluding hydrogens is 208 g/mol. The molecule has 1 heterocycles. The molecular formula is C12H14S2. The van der Waals surface area contributed by atoms with Gasteiger partial charge in [-0.15, -0.1) is 24.0 Å². The molecule has 0 aliphatic carbocycles. The van der Waals surface area contributed by atoms with Crippen molar-refractivity contribution in [1.82, 2.24) is 0 Å². The number of rotatable bonds is 2. The topological polar surface area (TPSA) is 0 Å². The van der Waals surface area contributed by atoms with E-state index in [0.29, 0.717) is 0 Å². The van der Waals surface area contributed by atoms with E-state index in [1.54, 1.807) is 11.3 Å². The van der Waals surface area contributed by atoms with E-state index < -0.39 is 0 Å². The third-order valence-electron chi connectivity index (χ3n) is 2.61. The number of thiophene rings is 1. The average Bonchev–Trinajstić information content (AvgIpc) is 2.56. The summed E-state index contributed by atoms with van der Waals surface area (Å²) in [5, 5.41) is 1.34. The minimum atomic E-state index is 1.11. The van der Waals surface area contributed by atoms with Crippen LogP contribution in [-0.4, -0.2) is 0 Å². The molecule has 74 valence electrons. The normalized spacial score (nSPS) is 11.1. The fourth-order valence-electron chi connectivity index (χ4n) is 1.91. The molecule has 0 saturated heterocycles. The van der Waals surface area contributed by atoms with Crippen molar-refractivity contribution >= 4 is 34.1 Å². The summed E-state index contributed by atoms with van der Waals surface area (Å²) in [5.74, 6) is 0. The van der Waals surface area contributed by atoms with E-state index in [0.717, 1.165) is 17.1 Å². The maximum atomic E-state index is 4.41. The van der Waals surface area contributed by atoms with Gasteiger partial charge in [0.1, 0.15) is 0 Å². The number of thiol groups is 1. The zero-order valence-corrected chi connectivity index (χ0v) is 10.2. The Bertz CT molecular complexity index is 455. The van der Waals surface area contributed by atoms with Crippen molar-refractivity contribution in [1.29, 1.82) is 0 Å². The van der Waals surface area contributed by atoms with Gasteiger partial charge in [0.25, 0.3) is 0 Å². The van der Waals surface area contributed by atoms with Gasteiger partial charge in [-0.1, -0.05) is 26.0 Å². The molecule has 0 aliphatic rings. The van der Waals surface area contributed by atoms with Crippen molar-refractivity contribution in [3.63, 3.8) is 0 Å². The van der Waals surface area contributed by atoms with Crippen LogP contribution in [0.15, 0.2) is 22.4 Å². The first-order valence-corrected chi connectivity index (χ1v) is 6.25. The summed E-state index contributed by atoms with van der Waals surface area (Å²) < 4.78 is 2.54. The van der Waals surface area contributed by atoms with Gasteiger partial charge in [0, 0.05) is 4.70 Å². The zero-order chi connectivity index (χ0) is 10.1. The van der Waals surface area contributed by atoms with Gasteiger partial charge >= 0.3 is 0 Å². The molecule has 1 aromatic carbocycles. The van der Waals surface area contributed by atoms with Gasteiger partial charge in [-0.3, -0.25) is 0 Å². The quantitative estimate of drug-likeness (QED) is 0.719. The van der Waals surface area contributed by atoms with Crippen LogP contribution in [0, 0.1) is 0 Å². The molecule has 0 radical (unpaired) electrons. The second-order valence-electron chi connectivity index (χ2n) is 3.41. The second kappa shape index (κ2) is 3.95. The lowest BCUT2D eigenvalue weighted by Crippen LogP contribution is -1.89.